The highest BCUT2D eigenvalue weighted by Gasteiger charge is 2.26. The summed E-state index contributed by atoms with van der Waals surface area (Å²) in [5.41, 5.74) is 4.45. The zero-order valence-corrected chi connectivity index (χ0v) is 9.06. The van der Waals surface area contributed by atoms with E-state index in [1.807, 2.05) is 0 Å². The molecule has 4 N–H and O–H groups in total. The van der Waals surface area contributed by atoms with Crippen LogP contribution in [0.3, 0.4) is 0 Å². The lowest BCUT2D eigenvalue weighted by atomic mass is 10.1. The van der Waals surface area contributed by atoms with E-state index in [1.54, 1.807) is 20.8 Å². The largest absolute Gasteiger partial charge is 0.480 e. The van der Waals surface area contributed by atoms with Gasteiger partial charge in [-0.05, 0) is 20.8 Å². The van der Waals surface area contributed by atoms with Crippen LogP contribution in [0.1, 0.15) is 27.2 Å². The Morgan fingerprint density at radius 2 is 1.87 bits per heavy atom. The number of carboxylic acid groups (broad SMARTS) is 1. The van der Waals surface area contributed by atoms with Crippen LogP contribution in [0.15, 0.2) is 0 Å². The summed E-state index contributed by atoms with van der Waals surface area (Å²) in [7, 11) is 0. The quantitative estimate of drug-likeness (QED) is 0.549. The Morgan fingerprint density at radius 1 is 1.40 bits per heavy atom. The van der Waals surface area contributed by atoms with Gasteiger partial charge in [0.2, 0.25) is 0 Å². The highest BCUT2D eigenvalue weighted by molar-refractivity contribution is 5.76. The minimum absolute atomic E-state index is 0.426. The number of nitrogens with two attached hydrogens (primary N) is 1. The maximum absolute atomic E-state index is 11.2. The first kappa shape index (κ1) is 13.9. The molecule has 0 fully saturated rings. The molecule has 0 rings (SSSR count). The summed E-state index contributed by atoms with van der Waals surface area (Å²) in [5, 5.41) is 17.7. The van der Waals surface area contributed by atoms with Gasteiger partial charge in [0.15, 0.2) is 0 Å². The Morgan fingerprint density at radius 3 is 2.20 bits per heavy atom. The fraction of sp³-hybridized carbons (Fsp3) is 0.778. The molecule has 0 aliphatic heterocycles. The third-order valence-corrected chi connectivity index (χ3v) is 1.50. The van der Waals surface area contributed by atoms with Crippen LogP contribution < -0.4 is 5.73 Å². The van der Waals surface area contributed by atoms with Crippen molar-refractivity contribution in [3.63, 3.8) is 0 Å². The fourth-order valence-corrected chi connectivity index (χ4v) is 0.845. The van der Waals surface area contributed by atoms with E-state index in [0.717, 1.165) is 0 Å². The van der Waals surface area contributed by atoms with E-state index in [-0.39, 0.29) is 0 Å². The molecule has 0 aliphatic carbocycles. The SMILES string of the molecule is CC(C)(C)OC(=O)C[C@H](O)[C@@H](N)C(=O)O. The first-order chi connectivity index (χ1) is 6.63. The van der Waals surface area contributed by atoms with E-state index in [9.17, 15) is 14.7 Å². The van der Waals surface area contributed by atoms with E-state index >= 15 is 0 Å². The number of carboxylic acids is 1. The molecular weight excluding hydrogens is 202 g/mol. The van der Waals surface area contributed by atoms with Crippen molar-refractivity contribution >= 4 is 11.9 Å². The van der Waals surface area contributed by atoms with Crippen molar-refractivity contribution in [3.8, 4) is 0 Å². The first-order valence-corrected chi connectivity index (χ1v) is 4.52. The van der Waals surface area contributed by atoms with E-state index in [1.165, 1.54) is 0 Å². The molecule has 0 spiro atoms. The second-order valence-corrected chi connectivity index (χ2v) is 4.22. The summed E-state index contributed by atoms with van der Waals surface area (Å²) in [5.74, 6) is -2.03. The van der Waals surface area contributed by atoms with Crippen molar-refractivity contribution < 1.29 is 24.5 Å². The zero-order chi connectivity index (χ0) is 12.2. The minimum Gasteiger partial charge on any atom is -0.480 e. The number of aliphatic hydroxyl groups is 1. The van der Waals surface area contributed by atoms with Gasteiger partial charge in [0.05, 0.1) is 12.5 Å². The number of hydrogen-bond acceptors (Lipinski definition) is 5. The lowest BCUT2D eigenvalue weighted by Crippen LogP contribution is -2.43. The summed E-state index contributed by atoms with van der Waals surface area (Å²) >= 11 is 0. The Bertz CT molecular complexity index is 245. The topological polar surface area (TPSA) is 110 Å². The zero-order valence-electron chi connectivity index (χ0n) is 9.06. The number of carbonyl (C=O) groups excluding carboxylic acids is 1. The molecular formula is C9H17NO5. The van der Waals surface area contributed by atoms with Gasteiger partial charge in [-0.25, -0.2) is 0 Å². The number of aliphatic hydroxyl groups excluding tert-OH is 1. The van der Waals surface area contributed by atoms with Crippen LogP contribution in [0.25, 0.3) is 0 Å². The summed E-state index contributed by atoms with van der Waals surface area (Å²) in [6.45, 7) is 5.03. The normalized spacial score (nSPS) is 15.5. The standard InChI is InChI=1S/C9H17NO5/c1-9(2,3)15-6(12)4-5(11)7(10)8(13)14/h5,7,11H,4,10H2,1-3H3,(H,13,14)/t5-,7+/m0/s1. The van der Waals surface area contributed by atoms with Crippen LogP contribution >= 0.6 is 0 Å². The summed E-state index contributed by atoms with van der Waals surface area (Å²) < 4.78 is 4.89. The lowest BCUT2D eigenvalue weighted by molar-refractivity contribution is -0.158. The third kappa shape index (κ3) is 6.03. The molecule has 0 aromatic rings. The van der Waals surface area contributed by atoms with E-state index < -0.39 is 36.1 Å². The number of esters is 1. The van der Waals surface area contributed by atoms with Crippen LogP contribution in [0.4, 0.5) is 0 Å². The molecule has 0 unspecified atom stereocenters. The molecule has 0 radical (unpaired) electrons. The highest BCUT2D eigenvalue weighted by Crippen LogP contribution is 2.10. The molecule has 0 amide bonds. The van der Waals surface area contributed by atoms with Crippen LogP contribution in [0.2, 0.25) is 0 Å². The van der Waals surface area contributed by atoms with Crippen molar-refractivity contribution in [1.29, 1.82) is 0 Å². The van der Waals surface area contributed by atoms with E-state index in [2.05, 4.69) is 0 Å². The van der Waals surface area contributed by atoms with Gasteiger partial charge in [-0.2, -0.15) is 0 Å². The van der Waals surface area contributed by atoms with Gasteiger partial charge in [-0.1, -0.05) is 0 Å². The first-order valence-electron chi connectivity index (χ1n) is 4.52. The Kier molecular flexibility index (Phi) is 4.70. The Hall–Kier alpha value is -1.14. The molecule has 6 heteroatoms. The summed E-state index contributed by atoms with van der Waals surface area (Å²) in [6, 6.07) is -1.47. The fourth-order valence-electron chi connectivity index (χ4n) is 0.845. The lowest BCUT2D eigenvalue weighted by Gasteiger charge is -2.21. The summed E-state index contributed by atoms with van der Waals surface area (Å²) in [6.07, 6.45) is -1.86. The van der Waals surface area contributed by atoms with Crippen molar-refractivity contribution in [2.75, 3.05) is 0 Å². The van der Waals surface area contributed by atoms with Crippen molar-refractivity contribution in [2.45, 2.75) is 44.9 Å². The van der Waals surface area contributed by atoms with Gasteiger partial charge in [0, 0.05) is 0 Å². The van der Waals surface area contributed by atoms with Gasteiger partial charge in [0.1, 0.15) is 11.6 Å². The Labute approximate surface area is 88.0 Å². The maximum Gasteiger partial charge on any atom is 0.323 e. The van der Waals surface area contributed by atoms with Gasteiger partial charge < -0.3 is 20.7 Å². The number of carbonyl (C=O) groups is 2. The van der Waals surface area contributed by atoms with Crippen LogP contribution in [0.5, 0.6) is 0 Å². The van der Waals surface area contributed by atoms with Crippen LogP contribution in [-0.2, 0) is 14.3 Å². The number of rotatable bonds is 4. The van der Waals surface area contributed by atoms with Gasteiger partial charge >= 0.3 is 11.9 Å². The molecule has 88 valence electrons. The van der Waals surface area contributed by atoms with Crippen molar-refractivity contribution in [3.05, 3.63) is 0 Å². The van der Waals surface area contributed by atoms with E-state index in [4.69, 9.17) is 15.6 Å². The molecule has 2 atom stereocenters. The number of ether oxygens (including phenoxy) is 1. The monoisotopic (exact) mass is 219 g/mol. The predicted octanol–water partition coefficient (Wildman–Crippen LogP) is -0.509. The Balaban J connectivity index is 4.13. The van der Waals surface area contributed by atoms with Crippen molar-refractivity contribution in [1.82, 2.24) is 0 Å². The molecule has 0 aliphatic rings. The minimum atomic E-state index is -1.47. The average molecular weight is 219 g/mol. The number of hydrogen-bond donors (Lipinski definition) is 3. The van der Waals surface area contributed by atoms with Gasteiger partial charge in [-0.3, -0.25) is 9.59 Å². The number of aliphatic carboxylic acids is 1. The molecule has 15 heavy (non-hydrogen) atoms. The second-order valence-electron chi connectivity index (χ2n) is 4.22. The maximum atomic E-state index is 11.2. The van der Waals surface area contributed by atoms with Crippen molar-refractivity contribution in [2.24, 2.45) is 5.73 Å². The molecule has 0 heterocycles. The molecule has 0 bridgehead atoms. The second kappa shape index (κ2) is 5.09. The third-order valence-electron chi connectivity index (χ3n) is 1.50. The average Bonchev–Trinajstić information content (AvgIpc) is 1.98. The van der Waals surface area contributed by atoms with E-state index in [0.29, 0.717) is 0 Å². The summed E-state index contributed by atoms with van der Waals surface area (Å²) in [4.78, 5) is 21.5. The predicted molar refractivity (Wildman–Crippen MR) is 52.1 cm³/mol. The van der Waals surface area contributed by atoms with Gasteiger partial charge in [0.25, 0.3) is 0 Å². The molecule has 0 saturated carbocycles. The highest BCUT2D eigenvalue weighted by atomic mass is 16.6. The molecule has 0 aromatic heterocycles. The van der Waals surface area contributed by atoms with Crippen LogP contribution in [0, 0.1) is 0 Å². The smallest absolute Gasteiger partial charge is 0.323 e. The molecule has 6 nitrogen and oxygen atoms in total. The molecule has 0 saturated heterocycles. The molecule has 0 aromatic carbocycles. The van der Waals surface area contributed by atoms with Crippen LogP contribution in [-0.4, -0.2) is 39.9 Å². The van der Waals surface area contributed by atoms with Gasteiger partial charge in [-0.15, -0.1) is 0 Å².